The molecule has 0 aromatic heterocycles. The molecule has 0 heterocycles. The maximum atomic E-state index is 12.1. The van der Waals surface area contributed by atoms with E-state index in [2.05, 4.69) is 73.0 Å². The molecular formula is C31H41NO4. The Hall–Kier alpha value is -3.60. The molecule has 1 amide bonds. The quantitative estimate of drug-likeness (QED) is 0.132. The first-order chi connectivity index (χ1) is 17.6. The van der Waals surface area contributed by atoms with Gasteiger partial charge in [-0.3, -0.25) is 4.79 Å². The lowest BCUT2D eigenvalue weighted by Crippen LogP contribution is -2.12. The summed E-state index contributed by atoms with van der Waals surface area (Å²) >= 11 is 0. The molecule has 0 aliphatic carbocycles. The third kappa shape index (κ3) is 15.3. The van der Waals surface area contributed by atoms with Crippen molar-refractivity contribution in [2.75, 3.05) is 11.9 Å². The van der Waals surface area contributed by atoms with Gasteiger partial charge in [0.15, 0.2) is 0 Å². The molecule has 1 aromatic rings. The smallest absolute Gasteiger partial charge is 0.341 e. The van der Waals surface area contributed by atoms with E-state index in [4.69, 9.17) is 4.74 Å². The Morgan fingerprint density at radius 2 is 1.28 bits per heavy atom. The molecule has 1 rings (SSSR count). The first kappa shape index (κ1) is 30.4. The summed E-state index contributed by atoms with van der Waals surface area (Å²) in [6.07, 6.45) is 32.5. The van der Waals surface area contributed by atoms with E-state index in [9.17, 15) is 14.7 Å². The van der Waals surface area contributed by atoms with E-state index in [0.29, 0.717) is 18.5 Å². The number of rotatable bonds is 17. The van der Waals surface area contributed by atoms with Crippen molar-refractivity contribution in [1.29, 1.82) is 0 Å². The van der Waals surface area contributed by atoms with Crippen LogP contribution in [0.5, 0.6) is 5.75 Å². The zero-order chi connectivity index (χ0) is 26.3. The Balaban J connectivity index is 2.16. The Kier molecular flexibility index (Phi) is 17.5. The van der Waals surface area contributed by atoms with Crippen LogP contribution in [0.1, 0.15) is 75.6 Å². The van der Waals surface area contributed by atoms with Gasteiger partial charge in [0.1, 0.15) is 11.3 Å². The molecule has 0 saturated heterocycles. The molecule has 5 nitrogen and oxygen atoms in total. The number of aromatic hydroxyl groups is 1. The molecule has 5 heteroatoms. The number of carbonyl (C=O) groups excluding carboxylic acids is 2. The summed E-state index contributed by atoms with van der Waals surface area (Å²) < 4.78 is 4.90. The van der Waals surface area contributed by atoms with Gasteiger partial charge in [-0.25, -0.2) is 4.79 Å². The van der Waals surface area contributed by atoms with Crippen molar-refractivity contribution in [3.8, 4) is 5.75 Å². The molecule has 0 aliphatic rings. The van der Waals surface area contributed by atoms with Crippen LogP contribution in [0, 0.1) is 0 Å². The zero-order valence-corrected chi connectivity index (χ0v) is 21.7. The number of ether oxygens (including phenoxy) is 1. The average Bonchev–Trinajstić information content (AvgIpc) is 2.86. The number of hydrogen-bond donors (Lipinski definition) is 2. The van der Waals surface area contributed by atoms with Gasteiger partial charge >= 0.3 is 5.97 Å². The van der Waals surface area contributed by atoms with Gasteiger partial charge in [-0.1, -0.05) is 79.8 Å². The van der Waals surface area contributed by atoms with Crippen LogP contribution >= 0.6 is 0 Å². The number of nitrogens with one attached hydrogen (secondary N) is 1. The fraction of sp³-hybridized carbons (Fsp3) is 0.355. The standard InChI is InChI=1S/C31H41NO4/c1-3-5-6-7-8-9-10-11-12-13-14-15-16-17-18-19-20-21-22-23-30(34)32-27-24-25-29(33)28(26-27)31(35)36-4-2/h5-6,8-9,11-12,14-15,17-18,20-21,24-26,33H,3-4,7,10,13,16,19,22-23H2,1-2H3,(H,32,34)/b6-5-,9-8-,12-11-,15-14-,18-17-,21-20-. The van der Waals surface area contributed by atoms with Crippen LogP contribution in [0.25, 0.3) is 0 Å². The predicted molar refractivity (Wildman–Crippen MR) is 150 cm³/mol. The molecule has 0 unspecified atom stereocenters. The van der Waals surface area contributed by atoms with Crippen LogP contribution in [0.4, 0.5) is 5.69 Å². The number of hydrogen-bond acceptors (Lipinski definition) is 4. The molecule has 0 bridgehead atoms. The van der Waals surface area contributed by atoms with Crippen molar-refractivity contribution in [3.63, 3.8) is 0 Å². The van der Waals surface area contributed by atoms with Gasteiger partial charge in [0.25, 0.3) is 0 Å². The number of esters is 1. The largest absolute Gasteiger partial charge is 0.507 e. The highest BCUT2D eigenvalue weighted by molar-refractivity contribution is 5.96. The lowest BCUT2D eigenvalue weighted by Gasteiger charge is -2.08. The van der Waals surface area contributed by atoms with E-state index in [1.807, 2.05) is 12.2 Å². The monoisotopic (exact) mass is 491 g/mol. The van der Waals surface area contributed by atoms with Crippen LogP contribution in [-0.2, 0) is 9.53 Å². The van der Waals surface area contributed by atoms with E-state index >= 15 is 0 Å². The fourth-order valence-electron chi connectivity index (χ4n) is 3.06. The Bertz CT molecular complexity index is 951. The van der Waals surface area contributed by atoms with Crippen LogP contribution in [0.2, 0.25) is 0 Å². The molecule has 194 valence electrons. The van der Waals surface area contributed by atoms with Gasteiger partial charge in [0.05, 0.1) is 6.61 Å². The van der Waals surface area contributed by atoms with E-state index in [0.717, 1.165) is 38.5 Å². The number of allylic oxidation sites excluding steroid dienone is 12. The highest BCUT2D eigenvalue weighted by atomic mass is 16.5. The predicted octanol–water partition coefficient (Wildman–Crippen LogP) is 7.99. The van der Waals surface area contributed by atoms with Crippen molar-refractivity contribution in [2.24, 2.45) is 0 Å². The highest BCUT2D eigenvalue weighted by Gasteiger charge is 2.13. The number of phenols is 1. The Morgan fingerprint density at radius 1 is 0.778 bits per heavy atom. The van der Waals surface area contributed by atoms with Crippen molar-refractivity contribution in [2.45, 2.75) is 65.2 Å². The number of amides is 1. The summed E-state index contributed by atoms with van der Waals surface area (Å²) in [6.45, 7) is 4.04. The van der Waals surface area contributed by atoms with Gasteiger partial charge in [0.2, 0.25) is 5.91 Å². The average molecular weight is 492 g/mol. The minimum atomic E-state index is -0.621. The second-order valence-corrected chi connectivity index (χ2v) is 7.95. The van der Waals surface area contributed by atoms with Crippen LogP contribution < -0.4 is 5.32 Å². The second-order valence-electron chi connectivity index (χ2n) is 7.95. The number of phenolic OH excluding ortho intramolecular Hbond substituents is 1. The number of anilines is 1. The molecule has 0 aliphatic heterocycles. The fourth-order valence-corrected chi connectivity index (χ4v) is 3.06. The SMILES string of the molecule is CC/C=C\C/C=C\C/C=C\C/C=C\C/C=C\C/C=C\CCC(=O)Nc1ccc(O)c(C(=O)OCC)c1. The maximum Gasteiger partial charge on any atom is 0.341 e. The second kappa shape index (κ2) is 20.7. The van der Waals surface area contributed by atoms with E-state index < -0.39 is 5.97 Å². The summed E-state index contributed by atoms with van der Waals surface area (Å²) in [6, 6.07) is 4.34. The van der Waals surface area contributed by atoms with Crippen LogP contribution in [-0.4, -0.2) is 23.6 Å². The van der Waals surface area contributed by atoms with Crippen molar-refractivity contribution < 1.29 is 19.4 Å². The van der Waals surface area contributed by atoms with Gasteiger partial charge in [-0.05, 0) is 70.1 Å². The first-order valence-corrected chi connectivity index (χ1v) is 12.8. The van der Waals surface area contributed by atoms with Crippen LogP contribution in [0.3, 0.4) is 0 Å². The molecule has 36 heavy (non-hydrogen) atoms. The summed E-state index contributed by atoms with van der Waals surface area (Å²) in [4.78, 5) is 24.0. The van der Waals surface area contributed by atoms with E-state index in [-0.39, 0.29) is 23.8 Å². The Morgan fingerprint density at radius 3 is 1.78 bits per heavy atom. The van der Waals surface area contributed by atoms with E-state index in [1.54, 1.807) is 13.0 Å². The molecular weight excluding hydrogens is 450 g/mol. The molecule has 0 spiro atoms. The molecule has 0 saturated carbocycles. The lowest BCUT2D eigenvalue weighted by molar-refractivity contribution is -0.116. The van der Waals surface area contributed by atoms with Crippen molar-refractivity contribution in [1.82, 2.24) is 0 Å². The minimum absolute atomic E-state index is 0.0339. The van der Waals surface area contributed by atoms with Gasteiger partial charge in [-0.15, -0.1) is 0 Å². The molecule has 0 atom stereocenters. The number of benzene rings is 1. The molecule has 0 fully saturated rings. The van der Waals surface area contributed by atoms with E-state index in [1.165, 1.54) is 12.1 Å². The first-order valence-electron chi connectivity index (χ1n) is 12.8. The third-order valence-electron chi connectivity index (χ3n) is 4.91. The van der Waals surface area contributed by atoms with Crippen LogP contribution in [0.15, 0.2) is 91.1 Å². The summed E-state index contributed by atoms with van der Waals surface area (Å²) in [7, 11) is 0. The maximum absolute atomic E-state index is 12.1. The normalized spacial score (nSPS) is 12.3. The zero-order valence-electron chi connectivity index (χ0n) is 21.7. The summed E-state index contributed by atoms with van der Waals surface area (Å²) in [5, 5.41) is 12.5. The van der Waals surface area contributed by atoms with Gasteiger partial charge in [0, 0.05) is 12.1 Å². The Labute approximate surface area is 216 Å². The molecule has 1 aromatic carbocycles. The number of carbonyl (C=O) groups is 2. The topological polar surface area (TPSA) is 75.6 Å². The molecule has 0 radical (unpaired) electrons. The van der Waals surface area contributed by atoms with Crippen molar-refractivity contribution in [3.05, 3.63) is 96.7 Å². The summed E-state index contributed by atoms with van der Waals surface area (Å²) in [5.74, 6) is -0.955. The van der Waals surface area contributed by atoms with Crippen molar-refractivity contribution >= 4 is 17.6 Å². The highest BCUT2D eigenvalue weighted by Crippen LogP contribution is 2.22. The lowest BCUT2D eigenvalue weighted by atomic mass is 10.1. The molecule has 2 N–H and O–H groups in total. The third-order valence-corrected chi connectivity index (χ3v) is 4.91. The minimum Gasteiger partial charge on any atom is -0.507 e. The van der Waals surface area contributed by atoms with Gasteiger partial charge < -0.3 is 15.2 Å². The van der Waals surface area contributed by atoms with Gasteiger partial charge in [-0.2, -0.15) is 0 Å². The summed E-state index contributed by atoms with van der Waals surface area (Å²) in [5.41, 5.74) is 0.482.